The van der Waals surface area contributed by atoms with Crippen LogP contribution in [0, 0.1) is 0 Å². The number of nitrogens with zero attached hydrogens (tertiary/aromatic N) is 1. The van der Waals surface area contributed by atoms with Crippen LogP contribution in [0.2, 0.25) is 0 Å². The van der Waals surface area contributed by atoms with Gasteiger partial charge in [0.25, 0.3) is 0 Å². The van der Waals surface area contributed by atoms with Gasteiger partial charge < -0.3 is 4.90 Å². The Morgan fingerprint density at radius 2 is 1.59 bits per heavy atom. The van der Waals surface area contributed by atoms with E-state index in [1.165, 1.54) is 0 Å². The van der Waals surface area contributed by atoms with Crippen molar-refractivity contribution in [1.82, 2.24) is 4.90 Å². The van der Waals surface area contributed by atoms with Gasteiger partial charge in [-0.15, -0.1) is 11.3 Å². The van der Waals surface area contributed by atoms with E-state index in [1.54, 1.807) is 16.2 Å². The lowest BCUT2D eigenvalue weighted by Gasteiger charge is -2.32. The summed E-state index contributed by atoms with van der Waals surface area (Å²) < 4.78 is 24.3. The molecule has 1 fully saturated rings. The number of carbonyl (C=O) groups excluding carboxylic acids is 1. The van der Waals surface area contributed by atoms with Gasteiger partial charge in [-0.2, -0.15) is 0 Å². The highest BCUT2D eigenvalue weighted by Crippen LogP contribution is 2.31. The Morgan fingerprint density at radius 3 is 2.07 bits per heavy atom. The van der Waals surface area contributed by atoms with E-state index in [2.05, 4.69) is 0 Å². The average Bonchev–Trinajstić information content (AvgIpc) is 3.37. The molecule has 1 amide bonds. The summed E-state index contributed by atoms with van der Waals surface area (Å²) in [5, 5.41) is 1.98. The fourth-order valence-electron chi connectivity index (χ4n) is 3.91. The van der Waals surface area contributed by atoms with Crippen molar-refractivity contribution in [2.75, 3.05) is 11.5 Å². The number of benzene rings is 2. The van der Waals surface area contributed by atoms with Crippen LogP contribution in [0.4, 0.5) is 0 Å². The monoisotopic (exact) mass is 425 g/mol. The molecule has 3 aromatic rings. The highest BCUT2D eigenvalue weighted by Gasteiger charge is 2.38. The maximum atomic E-state index is 13.9. The number of sulfone groups is 1. The predicted molar refractivity (Wildman–Crippen MR) is 117 cm³/mol. The van der Waals surface area contributed by atoms with Crippen molar-refractivity contribution in [3.05, 3.63) is 94.2 Å². The third-order valence-corrected chi connectivity index (χ3v) is 7.96. The van der Waals surface area contributed by atoms with Crippen LogP contribution in [0.1, 0.15) is 28.3 Å². The third-order valence-electron chi connectivity index (χ3n) is 5.35. The van der Waals surface area contributed by atoms with Crippen LogP contribution in [0.15, 0.2) is 78.2 Å². The Hall–Kier alpha value is -2.44. The average molecular weight is 426 g/mol. The number of amides is 1. The molecular weight excluding hydrogens is 402 g/mol. The second-order valence-corrected chi connectivity index (χ2v) is 10.6. The Kier molecular flexibility index (Phi) is 5.83. The van der Waals surface area contributed by atoms with Gasteiger partial charge in [0.2, 0.25) is 5.91 Å². The number of carbonyl (C=O) groups is 1. The topological polar surface area (TPSA) is 54.5 Å². The molecule has 150 valence electrons. The normalized spacial score (nSPS) is 18.0. The van der Waals surface area contributed by atoms with Gasteiger partial charge in [0.15, 0.2) is 9.84 Å². The van der Waals surface area contributed by atoms with E-state index in [0.29, 0.717) is 13.0 Å². The van der Waals surface area contributed by atoms with Crippen molar-refractivity contribution in [1.29, 1.82) is 0 Å². The molecule has 2 aromatic carbocycles. The van der Waals surface area contributed by atoms with Gasteiger partial charge in [-0.25, -0.2) is 8.42 Å². The largest absolute Gasteiger partial charge is 0.333 e. The molecule has 4 nitrogen and oxygen atoms in total. The molecule has 4 rings (SSSR count). The van der Waals surface area contributed by atoms with E-state index in [0.717, 1.165) is 16.0 Å². The Balaban J connectivity index is 1.73. The van der Waals surface area contributed by atoms with Crippen molar-refractivity contribution >= 4 is 27.1 Å². The standard InChI is InChI=1S/C23H23NO3S2/c25-23(22(18-8-3-1-4-9-18)19-10-5-2-6-11-19)24(16-21-12-7-14-28-21)20-13-15-29(26,27)17-20/h1-12,14,20,22H,13,15-17H2. The van der Waals surface area contributed by atoms with E-state index >= 15 is 0 Å². The summed E-state index contributed by atoms with van der Waals surface area (Å²) in [6, 6.07) is 23.1. The van der Waals surface area contributed by atoms with Gasteiger partial charge >= 0.3 is 0 Å². The summed E-state index contributed by atoms with van der Waals surface area (Å²) >= 11 is 1.59. The number of hydrogen-bond donors (Lipinski definition) is 0. The Labute approximate surface area is 175 Å². The number of rotatable bonds is 6. The van der Waals surface area contributed by atoms with Crippen molar-refractivity contribution in [3.63, 3.8) is 0 Å². The van der Waals surface area contributed by atoms with Gasteiger partial charge in [0.1, 0.15) is 0 Å². The maximum absolute atomic E-state index is 13.9. The second kappa shape index (κ2) is 8.51. The van der Waals surface area contributed by atoms with Gasteiger partial charge in [0, 0.05) is 10.9 Å². The van der Waals surface area contributed by atoms with Gasteiger partial charge in [-0.3, -0.25) is 4.79 Å². The molecule has 0 spiro atoms. The molecule has 1 aliphatic heterocycles. The van der Waals surface area contributed by atoms with Crippen LogP contribution in [0.3, 0.4) is 0 Å². The third kappa shape index (κ3) is 4.60. The molecule has 29 heavy (non-hydrogen) atoms. The van der Waals surface area contributed by atoms with E-state index < -0.39 is 15.8 Å². The molecule has 6 heteroatoms. The number of thiophene rings is 1. The smallest absolute Gasteiger partial charge is 0.235 e. The van der Waals surface area contributed by atoms with Crippen molar-refractivity contribution in [3.8, 4) is 0 Å². The Morgan fingerprint density at radius 1 is 0.966 bits per heavy atom. The minimum atomic E-state index is -3.10. The molecular formula is C23H23NO3S2. The lowest BCUT2D eigenvalue weighted by Crippen LogP contribution is -2.43. The molecule has 2 heterocycles. The van der Waals surface area contributed by atoms with E-state index in [-0.39, 0.29) is 23.5 Å². The summed E-state index contributed by atoms with van der Waals surface area (Å²) in [6.07, 6.45) is 0.496. The van der Waals surface area contributed by atoms with Crippen LogP contribution in [0.25, 0.3) is 0 Å². The molecule has 0 bridgehead atoms. The first kappa shape index (κ1) is 19.9. The first-order valence-electron chi connectivity index (χ1n) is 9.67. The van der Waals surface area contributed by atoms with Gasteiger partial charge in [-0.1, -0.05) is 66.7 Å². The zero-order chi connectivity index (χ0) is 20.3. The highest BCUT2D eigenvalue weighted by molar-refractivity contribution is 7.91. The number of hydrogen-bond acceptors (Lipinski definition) is 4. The molecule has 0 saturated carbocycles. The predicted octanol–water partition coefficient (Wildman–Crippen LogP) is 4.10. The summed E-state index contributed by atoms with van der Waals surface area (Å²) in [7, 11) is -3.10. The van der Waals surface area contributed by atoms with Crippen LogP contribution in [-0.2, 0) is 21.2 Å². The Bertz CT molecular complexity index is 1010. The molecule has 0 N–H and O–H groups in total. The first-order chi connectivity index (χ1) is 14.0. The zero-order valence-electron chi connectivity index (χ0n) is 16.0. The quantitative estimate of drug-likeness (QED) is 0.598. The minimum absolute atomic E-state index is 0.0421. The second-order valence-electron chi connectivity index (χ2n) is 7.36. The fraction of sp³-hybridized carbons (Fsp3) is 0.261. The van der Waals surface area contributed by atoms with Crippen LogP contribution in [0.5, 0.6) is 0 Å². The molecule has 0 aliphatic carbocycles. The molecule has 1 aromatic heterocycles. The zero-order valence-corrected chi connectivity index (χ0v) is 17.6. The van der Waals surface area contributed by atoms with Crippen molar-refractivity contribution in [2.24, 2.45) is 0 Å². The fourth-order valence-corrected chi connectivity index (χ4v) is 6.35. The maximum Gasteiger partial charge on any atom is 0.235 e. The molecule has 1 atom stereocenters. The lowest BCUT2D eigenvalue weighted by molar-refractivity contribution is -0.134. The van der Waals surface area contributed by atoms with Crippen molar-refractivity contribution in [2.45, 2.75) is 24.9 Å². The molecule has 0 radical (unpaired) electrons. The van der Waals surface area contributed by atoms with Gasteiger partial charge in [0.05, 0.1) is 24.0 Å². The summed E-state index contributed by atoms with van der Waals surface area (Å²) in [5.74, 6) is -0.313. The minimum Gasteiger partial charge on any atom is -0.333 e. The molecule has 1 saturated heterocycles. The molecule has 1 unspecified atom stereocenters. The van der Waals surface area contributed by atoms with Crippen LogP contribution >= 0.6 is 11.3 Å². The van der Waals surface area contributed by atoms with E-state index in [4.69, 9.17) is 0 Å². The molecule has 1 aliphatic rings. The highest BCUT2D eigenvalue weighted by atomic mass is 32.2. The summed E-state index contributed by atoms with van der Waals surface area (Å²) in [4.78, 5) is 16.8. The van der Waals surface area contributed by atoms with E-state index in [1.807, 2.05) is 78.2 Å². The summed E-state index contributed by atoms with van der Waals surface area (Å²) in [5.41, 5.74) is 1.83. The lowest BCUT2D eigenvalue weighted by atomic mass is 9.89. The van der Waals surface area contributed by atoms with Crippen LogP contribution < -0.4 is 0 Å². The van der Waals surface area contributed by atoms with Crippen molar-refractivity contribution < 1.29 is 13.2 Å². The summed E-state index contributed by atoms with van der Waals surface area (Å²) in [6.45, 7) is 0.437. The van der Waals surface area contributed by atoms with Gasteiger partial charge in [-0.05, 0) is 29.0 Å². The van der Waals surface area contributed by atoms with Crippen LogP contribution in [-0.4, -0.2) is 36.8 Å². The van der Waals surface area contributed by atoms with E-state index in [9.17, 15) is 13.2 Å². The SMILES string of the molecule is O=C(C(c1ccccc1)c1ccccc1)N(Cc1cccs1)C1CCS(=O)(=O)C1. The first-order valence-corrected chi connectivity index (χ1v) is 12.4.